The number of thiophene rings is 2. The summed E-state index contributed by atoms with van der Waals surface area (Å²) in [7, 11) is -18.2. The molecule has 0 aliphatic carbocycles. The molecule has 0 saturated carbocycles. The molecule has 0 spiro atoms. The number of rotatable bonds is 17. The number of hydrogen-bond acceptors (Lipinski definition) is 19. The molecule has 4 aromatic carbocycles. The number of hydrogen-bond donors (Lipinski definition) is 5. The number of carboxylic acids is 1. The Hall–Kier alpha value is -5.83. The van der Waals surface area contributed by atoms with E-state index in [9.17, 15) is 59.4 Å². The second-order valence-corrected chi connectivity index (χ2v) is 32.8. The summed E-state index contributed by atoms with van der Waals surface area (Å²) in [5.74, 6) is -1.73. The monoisotopic (exact) mass is 1330 g/mol. The van der Waals surface area contributed by atoms with Crippen LogP contribution < -0.4 is 21.3 Å². The van der Waals surface area contributed by atoms with Crippen LogP contribution in [0.15, 0.2) is 107 Å². The highest BCUT2D eigenvalue weighted by atomic mass is 32.2. The fourth-order valence-electron chi connectivity index (χ4n) is 9.54. The zero-order valence-corrected chi connectivity index (χ0v) is 54.0. The quantitative estimate of drug-likeness (QED) is 0.0530. The first-order valence-corrected chi connectivity index (χ1v) is 37.4. The van der Waals surface area contributed by atoms with Gasteiger partial charge in [-0.15, -0.1) is 22.7 Å². The van der Waals surface area contributed by atoms with Gasteiger partial charge in [-0.05, 0) is 140 Å². The lowest BCUT2D eigenvalue weighted by atomic mass is 10.1. The van der Waals surface area contributed by atoms with Gasteiger partial charge in [-0.2, -0.15) is 10.5 Å². The van der Waals surface area contributed by atoms with E-state index in [4.69, 9.17) is 34.1 Å². The number of nitriles is 2. The van der Waals surface area contributed by atoms with Crippen LogP contribution in [-0.4, -0.2) is 75.2 Å². The zero-order chi connectivity index (χ0) is 63.7. The van der Waals surface area contributed by atoms with Gasteiger partial charge >= 0.3 is 28.8 Å². The van der Waals surface area contributed by atoms with Crippen molar-refractivity contribution in [3.63, 3.8) is 0 Å². The molecule has 0 unspecified atom stereocenters. The molecular formula is C57H69F2N8O13P3S4. The molecule has 9 rings (SSSR count). The van der Waals surface area contributed by atoms with Crippen LogP contribution in [0, 0.1) is 34.3 Å². The number of sulfonamides is 2. The number of amides is 1. The Morgan fingerprint density at radius 3 is 1.41 bits per heavy atom. The van der Waals surface area contributed by atoms with Gasteiger partial charge in [-0.3, -0.25) is 33.1 Å². The van der Waals surface area contributed by atoms with Crippen molar-refractivity contribution in [1.82, 2.24) is 9.80 Å². The normalized spacial score (nSPS) is 19.5. The minimum absolute atomic E-state index is 0.0202. The van der Waals surface area contributed by atoms with Crippen molar-refractivity contribution in [1.29, 1.82) is 10.5 Å². The number of nitrogens with two attached hydrogens (primary N) is 3. The van der Waals surface area contributed by atoms with E-state index in [1.165, 1.54) is 82.1 Å². The van der Waals surface area contributed by atoms with Crippen LogP contribution >= 0.6 is 45.5 Å². The molecule has 1 fully saturated rings. The number of anilines is 2. The van der Waals surface area contributed by atoms with Gasteiger partial charge < -0.3 is 16.2 Å². The Bertz CT molecular complexity index is 3800. The molecule has 21 nitrogen and oxygen atoms in total. The minimum atomic E-state index is -3.79. The molecule has 30 heteroatoms. The average Bonchev–Trinajstić information content (AvgIpc) is 1.56. The lowest BCUT2D eigenvalue weighted by Gasteiger charge is -2.33. The maximum absolute atomic E-state index is 13.6. The predicted molar refractivity (Wildman–Crippen MR) is 331 cm³/mol. The molecule has 1 amide bonds. The van der Waals surface area contributed by atoms with E-state index >= 15 is 0 Å². The maximum Gasteiger partial charge on any atom is 0.345 e. The number of primary sulfonamides is 2. The van der Waals surface area contributed by atoms with E-state index in [1.54, 1.807) is 51.1 Å². The highest BCUT2D eigenvalue weighted by Gasteiger charge is 2.51. The topological polar surface area (TPSA) is 346 Å². The largest absolute Gasteiger partial charge is 0.481 e. The molecule has 0 bridgehead atoms. The molecule has 0 radical (unpaired) electrons. The number of fused-ring (bicyclic) bond motifs is 2. The number of halogens is 2. The van der Waals surface area contributed by atoms with Crippen molar-refractivity contribution in [2.45, 2.75) is 115 Å². The zero-order valence-electron chi connectivity index (χ0n) is 48.1. The van der Waals surface area contributed by atoms with Gasteiger partial charge in [0.25, 0.3) is 0 Å². The molecule has 6 aromatic rings. The summed E-state index contributed by atoms with van der Waals surface area (Å²) in [6.45, 7) is 9.91. The Kier molecular flexibility index (Phi) is 25.5. The number of carboxylic acid groups (broad SMARTS) is 1. The molecular weight excluding hydrogens is 1260 g/mol. The fourth-order valence-corrected chi connectivity index (χ4v) is 22.3. The van der Waals surface area contributed by atoms with Gasteiger partial charge in [0.05, 0.1) is 52.2 Å². The van der Waals surface area contributed by atoms with Gasteiger partial charge in [0.15, 0.2) is 0 Å². The molecule has 2 aromatic heterocycles. The summed E-state index contributed by atoms with van der Waals surface area (Å²) in [6.07, 6.45) is 5.32. The van der Waals surface area contributed by atoms with Gasteiger partial charge in [-0.25, -0.2) is 48.8 Å². The number of aliphatic carboxylic acids is 1. The number of nitrogen functional groups attached to an aromatic ring is 1. The Morgan fingerprint density at radius 2 is 1.03 bits per heavy atom. The minimum Gasteiger partial charge on any atom is -0.481 e. The molecule has 3 aliphatic heterocycles. The highest BCUT2D eigenvalue weighted by molar-refractivity contribution is 7.89. The van der Waals surface area contributed by atoms with E-state index < -0.39 is 48.8 Å². The first kappa shape index (κ1) is 70.3. The van der Waals surface area contributed by atoms with Crippen molar-refractivity contribution >= 4 is 87.4 Å². The lowest BCUT2D eigenvalue weighted by Crippen LogP contribution is -2.22. The van der Waals surface area contributed by atoms with Crippen LogP contribution in [0.4, 0.5) is 18.8 Å². The Labute approximate surface area is 514 Å². The number of carbonyl (C=O) groups is 2. The van der Waals surface area contributed by atoms with Crippen LogP contribution in [0.5, 0.6) is 0 Å². The maximum atomic E-state index is 13.6. The molecule has 468 valence electrons. The van der Waals surface area contributed by atoms with E-state index in [-0.39, 0.29) is 58.7 Å². The van der Waals surface area contributed by atoms with E-state index in [1.807, 2.05) is 12.1 Å². The molecule has 0 atom stereocenters. The number of carbonyl (C=O) groups excluding carboxylic acids is 1. The highest BCUT2D eigenvalue weighted by Crippen LogP contribution is 2.82. The summed E-state index contributed by atoms with van der Waals surface area (Å²) < 4.78 is 124. The van der Waals surface area contributed by atoms with Crippen molar-refractivity contribution < 1.29 is 66.9 Å². The summed E-state index contributed by atoms with van der Waals surface area (Å²) in [6, 6.07) is 29.0. The smallest absolute Gasteiger partial charge is 0.345 e. The Balaban J connectivity index is 0.000000197. The van der Waals surface area contributed by atoms with E-state index in [0.717, 1.165) is 79.0 Å². The third-order valence-corrected chi connectivity index (χ3v) is 26.3. The van der Waals surface area contributed by atoms with Crippen LogP contribution in [0.1, 0.15) is 107 Å². The van der Waals surface area contributed by atoms with Crippen molar-refractivity contribution in [2.24, 2.45) is 10.3 Å². The van der Waals surface area contributed by atoms with Crippen LogP contribution in [0.25, 0.3) is 0 Å². The summed E-state index contributed by atoms with van der Waals surface area (Å²) in [4.78, 5) is 29.6. The Morgan fingerprint density at radius 1 is 0.632 bits per heavy atom. The average molecular weight is 1330 g/mol. The summed E-state index contributed by atoms with van der Waals surface area (Å²) in [5, 5.41) is 41.4. The second-order valence-electron chi connectivity index (χ2n) is 20.5. The molecule has 1 saturated heterocycles. The van der Waals surface area contributed by atoms with E-state index in [0.29, 0.717) is 64.6 Å². The number of nitrogens with one attached hydrogen (secondary N) is 1. The molecule has 3 aliphatic rings. The standard InChI is InChI=1S/C24H23FN4O3S2.C16H16FN3S.C9H21O6P3.C8H9NO4S/c25-18-4-1-3-17(11-18)14-29-10-2-5-20-21(13-26)24(33-22(20)15-29)28-23(30)12-16-6-8-19(9-7-16)34(27,31)32;17-12-4-1-3-11(7-12)9-20-6-2-5-13-14(8-18)16(19)21-15(13)10-20;1-4-7-16(10)13-17(11,8-5-2)15-18(12,14-16)9-6-3;9-14(12,13)7-3-1-6(2-4-7)5-8(10)11/h1,3-4,6-9,11H,2,5,10,12,14-15H2,(H,28,30)(H2,27,31,32);1,3-4,7H,2,5-6,9-10,19H2;4-9H2,1-3H3;1-4H,5H2,(H,10,11)(H2,9,12,13). The molecule has 5 heterocycles. The van der Waals surface area contributed by atoms with Crippen LogP contribution in [-0.2, 0) is 108 Å². The van der Waals surface area contributed by atoms with Gasteiger partial charge in [0, 0.05) is 35.9 Å². The van der Waals surface area contributed by atoms with Gasteiger partial charge in [-0.1, -0.05) is 69.3 Å². The van der Waals surface area contributed by atoms with Crippen molar-refractivity contribution in [3.05, 3.63) is 163 Å². The van der Waals surface area contributed by atoms with Crippen LogP contribution in [0.3, 0.4) is 0 Å². The summed E-state index contributed by atoms with van der Waals surface area (Å²) in [5.41, 5.74) is 12.2. The van der Waals surface area contributed by atoms with Crippen molar-refractivity contribution in [2.75, 3.05) is 42.6 Å². The summed E-state index contributed by atoms with van der Waals surface area (Å²) >= 11 is 2.91. The lowest BCUT2D eigenvalue weighted by molar-refractivity contribution is -0.136. The second kappa shape index (κ2) is 31.6. The first-order chi connectivity index (χ1) is 41.1. The fraction of sp³-hybridized carbons (Fsp3) is 0.368. The van der Waals surface area contributed by atoms with Gasteiger partial charge in [0.2, 0.25) is 26.0 Å². The molecule has 8 N–H and O–H groups in total. The third kappa shape index (κ3) is 21.2. The number of nitrogens with zero attached hydrogens (tertiary/aromatic N) is 4. The van der Waals surface area contributed by atoms with E-state index in [2.05, 4.69) is 27.3 Å². The SMILES string of the molecule is CCCP1(=O)OP(=O)(CCC)OP(=O)(CCC)O1.N#Cc1c(N)sc2c1CCCN(Cc1cccc(F)c1)C2.N#Cc1c(NC(=O)Cc2ccc(S(N)(=O)=O)cc2)sc2c1CCCN(Cc1cccc(F)c1)C2.NS(=O)(=O)c1ccc(CC(=O)O)cc1. The predicted octanol–water partition coefficient (Wildman–Crippen LogP) is 11.6. The molecule has 87 heavy (non-hydrogen) atoms. The van der Waals surface area contributed by atoms with Crippen LogP contribution in [0.2, 0.25) is 0 Å². The third-order valence-electron chi connectivity index (χ3n) is 13.3. The first-order valence-electron chi connectivity index (χ1n) is 27.5. The van der Waals surface area contributed by atoms with Crippen molar-refractivity contribution in [3.8, 4) is 12.1 Å². The van der Waals surface area contributed by atoms with Gasteiger partial charge in [0.1, 0.15) is 33.8 Å². The number of benzene rings is 4.